The Morgan fingerprint density at radius 2 is 2.27 bits per heavy atom. The number of aromatic nitrogens is 1. The summed E-state index contributed by atoms with van der Waals surface area (Å²) >= 11 is 1.57. The second kappa shape index (κ2) is 6.40. The zero-order valence-electron chi connectivity index (χ0n) is 14.7. The molecule has 2 aliphatic heterocycles. The van der Waals surface area contributed by atoms with Crippen molar-refractivity contribution in [1.29, 1.82) is 0 Å². The van der Waals surface area contributed by atoms with Crippen LogP contribution in [0.1, 0.15) is 17.0 Å². The van der Waals surface area contributed by atoms with Gasteiger partial charge in [0, 0.05) is 25.0 Å². The topological polar surface area (TPSA) is 79.1 Å². The van der Waals surface area contributed by atoms with Gasteiger partial charge < -0.3 is 19.1 Å². The van der Waals surface area contributed by atoms with Crippen LogP contribution in [-0.2, 0) is 4.79 Å². The summed E-state index contributed by atoms with van der Waals surface area (Å²) in [6.45, 7) is 2.06. The second-order valence-corrected chi connectivity index (χ2v) is 7.53. The molecule has 2 saturated heterocycles. The van der Waals surface area contributed by atoms with Crippen molar-refractivity contribution in [2.75, 3.05) is 45.2 Å². The third kappa shape index (κ3) is 2.77. The number of likely N-dealkylation sites (tertiary alicyclic amines) is 1. The van der Waals surface area contributed by atoms with E-state index in [4.69, 9.17) is 9.26 Å². The zero-order valence-corrected chi connectivity index (χ0v) is 15.5. The van der Waals surface area contributed by atoms with E-state index in [0.29, 0.717) is 26.2 Å². The van der Waals surface area contributed by atoms with Gasteiger partial charge in [-0.1, -0.05) is 0 Å². The number of hydrogen-bond donors (Lipinski definition) is 0. The minimum absolute atomic E-state index is 0.0845. The lowest BCUT2D eigenvalue weighted by molar-refractivity contribution is -0.123. The molecular formula is C17H20N4O4S. The molecule has 8 nitrogen and oxygen atoms in total. The SMILES string of the molecule is COc1cc(C(=O)N2CCC3(C2)CN(c2ccsc2)C(=O)CN3C)on1. The monoisotopic (exact) mass is 376 g/mol. The summed E-state index contributed by atoms with van der Waals surface area (Å²) in [6.07, 6.45) is 0.800. The van der Waals surface area contributed by atoms with E-state index < -0.39 is 0 Å². The van der Waals surface area contributed by atoms with Crippen molar-refractivity contribution in [2.24, 2.45) is 0 Å². The Balaban J connectivity index is 1.53. The molecule has 1 atom stereocenters. The molecule has 4 rings (SSSR count). The quantitative estimate of drug-likeness (QED) is 0.804. The van der Waals surface area contributed by atoms with Crippen LogP contribution in [0.4, 0.5) is 5.69 Å². The van der Waals surface area contributed by atoms with Gasteiger partial charge in [-0.25, -0.2) is 0 Å². The van der Waals surface area contributed by atoms with Crippen molar-refractivity contribution >= 4 is 28.8 Å². The summed E-state index contributed by atoms with van der Waals surface area (Å²) < 4.78 is 10.1. The molecule has 2 aliphatic rings. The Bertz CT molecular complexity index is 821. The third-order valence-corrected chi connectivity index (χ3v) is 5.95. The van der Waals surface area contributed by atoms with Gasteiger partial charge in [-0.3, -0.25) is 14.5 Å². The van der Waals surface area contributed by atoms with Gasteiger partial charge in [-0.05, 0) is 30.1 Å². The van der Waals surface area contributed by atoms with Gasteiger partial charge in [0.05, 0.1) is 30.9 Å². The first kappa shape index (κ1) is 17.0. The molecule has 0 bridgehead atoms. The minimum Gasteiger partial charge on any atom is -0.479 e. The molecule has 138 valence electrons. The van der Waals surface area contributed by atoms with E-state index in [1.807, 2.05) is 28.8 Å². The highest BCUT2D eigenvalue weighted by Crippen LogP contribution is 2.34. The van der Waals surface area contributed by atoms with E-state index >= 15 is 0 Å². The van der Waals surface area contributed by atoms with Gasteiger partial charge in [0.1, 0.15) is 0 Å². The lowest BCUT2D eigenvalue weighted by Gasteiger charge is -2.46. The largest absolute Gasteiger partial charge is 0.479 e. The molecule has 26 heavy (non-hydrogen) atoms. The lowest BCUT2D eigenvalue weighted by Crippen LogP contribution is -2.64. The van der Waals surface area contributed by atoms with Crippen molar-refractivity contribution < 1.29 is 18.8 Å². The molecule has 0 aromatic carbocycles. The Hall–Kier alpha value is -2.39. The number of carbonyl (C=O) groups excluding carboxylic acids is 2. The fraction of sp³-hybridized carbons (Fsp3) is 0.471. The summed E-state index contributed by atoms with van der Waals surface area (Å²) in [4.78, 5) is 30.9. The van der Waals surface area contributed by atoms with E-state index in [1.54, 1.807) is 16.2 Å². The van der Waals surface area contributed by atoms with Crippen LogP contribution in [-0.4, -0.2) is 72.6 Å². The van der Waals surface area contributed by atoms with E-state index in [-0.39, 0.29) is 29.0 Å². The van der Waals surface area contributed by atoms with Crippen molar-refractivity contribution in [2.45, 2.75) is 12.0 Å². The molecule has 0 saturated carbocycles. The average Bonchev–Trinajstić information content (AvgIpc) is 3.38. The van der Waals surface area contributed by atoms with Crippen molar-refractivity contribution in [3.8, 4) is 5.88 Å². The second-order valence-electron chi connectivity index (χ2n) is 6.75. The smallest absolute Gasteiger partial charge is 0.292 e. The van der Waals surface area contributed by atoms with Gasteiger partial charge in [-0.2, -0.15) is 11.3 Å². The Morgan fingerprint density at radius 1 is 1.42 bits per heavy atom. The molecule has 9 heteroatoms. The third-order valence-electron chi connectivity index (χ3n) is 5.28. The zero-order chi connectivity index (χ0) is 18.3. The van der Waals surface area contributed by atoms with Crippen molar-refractivity contribution in [3.05, 3.63) is 28.7 Å². The molecule has 0 radical (unpaired) electrons. The number of rotatable bonds is 3. The summed E-state index contributed by atoms with van der Waals surface area (Å²) in [6, 6.07) is 3.46. The van der Waals surface area contributed by atoms with Crippen molar-refractivity contribution in [1.82, 2.24) is 15.0 Å². The maximum absolute atomic E-state index is 12.7. The molecule has 0 N–H and O–H groups in total. The molecule has 1 spiro atoms. The standard InChI is InChI=1S/C17H20N4O4S/c1-19-8-15(22)21(12-3-6-26-9-12)11-17(19)4-5-20(10-17)16(23)13-7-14(24-2)18-25-13/h3,6-7,9H,4-5,8,10-11H2,1-2H3. The Kier molecular flexibility index (Phi) is 4.20. The molecule has 2 aromatic heterocycles. The van der Waals surface area contributed by atoms with Gasteiger partial charge in [0.2, 0.25) is 11.7 Å². The number of nitrogens with zero attached hydrogens (tertiary/aromatic N) is 4. The number of amides is 2. The number of likely N-dealkylation sites (N-methyl/N-ethyl adjacent to an activating group) is 1. The number of carbonyl (C=O) groups is 2. The van der Waals surface area contributed by atoms with Crippen LogP contribution in [0, 0.1) is 0 Å². The van der Waals surface area contributed by atoms with Crippen LogP contribution in [0.15, 0.2) is 27.4 Å². The Morgan fingerprint density at radius 3 is 2.96 bits per heavy atom. The highest BCUT2D eigenvalue weighted by atomic mass is 32.1. The molecule has 4 heterocycles. The average molecular weight is 376 g/mol. The summed E-state index contributed by atoms with van der Waals surface area (Å²) in [7, 11) is 3.43. The van der Waals surface area contributed by atoms with Crippen molar-refractivity contribution in [3.63, 3.8) is 0 Å². The first-order chi connectivity index (χ1) is 12.5. The van der Waals surface area contributed by atoms with Crippen LogP contribution < -0.4 is 9.64 Å². The van der Waals surface area contributed by atoms with Gasteiger partial charge in [0.25, 0.3) is 11.8 Å². The highest BCUT2D eigenvalue weighted by Gasteiger charge is 2.49. The molecule has 2 amide bonds. The summed E-state index contributed by atoms with van der Waals surface area (Å²) in [5.74, 6) is 0.334. The van der Waals surface area contributed by atoms with Gasteiger partial charge in [0.15, 0.2) is 0 Å². The maximum atomic E-state index is 12.7. The summed E-state index contributed by atoms with van der Waals surface area (Å²) in [5, 5.41) is 7.64. The normalized spacial score (nSPS) is 23.8. The van der Waals surface area contributed by atoms with E-state index in [2.05, 4.69) is 10.1 Å². The number of anilines is 1. The number of thiophene rings is 1. The van der Waals surface area contributed by atoms with Crippen LogP contribution in [0.2, 0.25) is 0 Å². The molecule has 2 fully saturated rings. The van der Waals surface area contributed by atoms with Gasteiger partial charge in [-0.15, -0.1) is 0 Å². The lowest BCUT2D eigenvalue weighted by atomic mass is 9.93. The van der Waals surface area contributed by atoms with E-state index in [9.17, 15) is 9.59 Å². The molecule has 1 unspecified atom stereocenters. The van der Waals surface area contributed by atoms with Crippen LogP contribution in [0.5, 0.6) is 5.88 Å². The molecule has 0 aliphatic carbocycles. The maximum Gasteiger partial charge on any atom is 0.292 e. The first-order valence-electron chi connectivity index (χ1n) is 8.36. The predicted octanol–water partition coefficient (Wildman–Crippen LogP) is 1.31. The highest BCUT2D eigenvalue weighted by molar-refractivity contribution is 7.08. The fourth-order valence-electron chi connectivity index (χ4n) is 3.69. The molecule has 2 aromatic rings. The number of hydrogen-bond acceptors (Lipinski definition) is 7. The molecular weight excluding hydrogens is 356 g/mol. The van der Waals surface area contributed by atoms with Crippen LogP contribution >= 0.6 is 11.3 Å². The minimum atomic E-state index is -0.254. The van der Waals surface area contributed by atoms with E-state index in [1.165, 1.54) is 13.2 Å². The number of piperazine rings is 1. The fourth-order valence-corrected chi connectivity index (χ4v) is 4.33. The van der Waals surface area contributed by atoms with Crippen LogP contribution in [0.3, 0.4) is 0 Å². The van der Waals surface area contributed by atoms with Gasteiger partial charge >= 0.3 is 0 Å². The van der Waals surface area contributed by atoms with Crippen LogP contribution in [0.25, 0.3) is 0 Å². The first-order valence-corrected chi connectivity index (χ1v) is 9.30. The Labute approximate surface area is 154 Å². The summed E-state index contributed by atoms with van der Waals surface area (Å²) in [5.41, 5.74) is 0.674. The predicted molar refractivity (Wildman–Crippen MR) is 95.6 cm³/mol. The number of methoxy groups -OCH3 is 1. The van der Waals surface area contributed by atoms with E-state index in [0.717, 1.165) is 12.1 Å². The number of ether oxygens (including phenoxy) is 1.